The molecule has 2 aromatic rings. The third-order valence-electron chi connectivity index (χ3n) is 1.67. The van der Waals surface area contributed by atoms with Crippen LogP contribution < -0.4 is 0 Å². The summed E-state index contributed by atoms with van der Waals surface area (Å²) in [5, 5.41) is 0.767. The number of imidazole rings is 1. The van der Waals surface area contributed by atoms with E-state index >= 15 is 0 Å². The first-order valence-corrected chi connectivity index (χ1v) is 4.62. The van der Waals surface area contributed by atoms with Crippen molar-refractivity contribution in [2.75, 3.05) is 0 Å². The molecule has 1 aromatic heterocycles. The van der Waals surface area contributed by atoms with Crippen molar-refractivity contribution in [3.8, 4) is 0 Å². The zero-order chi connectivity index (χ0) is 8.55. The normalized spacial score (nSPS) is 10.8. The van der Waals surface area contributed by atoms with Gasteiger partial charge in [-0.3, -0.25) is 0 Å². The van der Waals surface area contributed by atoms with Crippen molar-refractivity contribution in [3.05, 3.63) is 29.8 Å². The van der Waals surface area contributed by atoms with Crippen LogP contribution in [0.1, 0.15) is 5.56 Å². The lowest BCUT2D eigenvalue weighted by molar-refractivity contribution is 0.556. The van der Waals surface area contributed by atoms with Gasteiger partial charge in [0.1, 0.15) is 0 Å². The Hall–Kier alpha value is -0.900. The van der Waals surface area contributed by atoms with Gasteiger partial charge in [-0.15, -0.1) is 0 Å². The number of nitrogens with zero attached hydrogens (tertiary/aromatic N) is 1. The molecule has 12 heavy (non-hydrogen) atoms. The summed E-state index contributed by atoms with van der Waals surface area (Å²) >= 11 is 3.32. The molecule has 62 valence electrons. The van der Waals surface area contributed by atoms with Crippen molar-refractivity contribution in [1.29, 1.82) is 0 Å². The number of halogens is 2. The van der Waals surface area contributed by atoms with Crippen LogP contribution in [0, 0.1) is 6.08 Å². The standard InChI is InChI=1S/C8H6BrFN2/c9-4-5-1-2-6-7(3-5)12-8(10)11-6/h1-3H,4H2,(H,11,12). The quantitative estimate of drug-likeness (QED) is 0.748. The molecule has 0 fully saturated rings. The molecule has 0 atom stereocenters. The summed E-state index contributed by atoms with van der Waals surface area (Å²) in [6.45, 7) is 0. The van der Waals surface area contributed by atoms with E-state index in [2.05, 4.69) is 25.9 Å². The zero-order valence-corrected chi connectivity index (χ0v) is 7.73. The van der Waals surface area contributed by atoms with E-state index in [0.717, 1.165) is 16.4 Å². The second kappa shape index (κ2) is 2.86. The van der Waals surface area contributed by atoms with Crippen LogP contribution in [0.4, 0.5) is 4.39 Å². The zero-order valence-electron chi connectivity index (χ0n) is 6.14. The van der Waals surface area contributed by atoms with Gasteiger partial charge >= 0.3 is 0 Å². The maximum Gasteiger partial charge on any atom is 0.287 e. The van der Waals surface area contributed by atoms with E-state index in [1.165, 1.54) is 0 Å². The van der Waals surface area contributed by atoms with Crippen molar-refractivity contribution < 1.29 is 4.39 Å². The van der Waals surface area contributed by atoms with Crippen LogP contribution in [0.5, 0.6) is 0 Å². The predicted molar refractivity (Wildman–Crippen MR) is 48.7 cm³/mol. The van der Waals surface area contributed by atoms with Crippen LogP contribution in [0.2, 0.25) is 0 Å². The van der Waals surface area contributed by atoms with Crippen molar-refractivity contribution in [2.24, 2.45) is 0 Å². The third-order valence-corrected chi connectivity index (χ3v) is 2.32. The minimum absolute atomic E-state index is 0.531. The summed E-state index contributed by atoms with van der Waals surface area (Å²) < 4.78 is 12.6. The van der Waals surface area contributed by atoms with Gasteiger partial charge in [-0.05, 0) is 17.7 Å². The molecule has 0 bridgehead atoms. The topological polar surface area (TPSA) is 28.7 Å². The van der Waals surface area contributed by atoms with Gasteiger partial charge in [0.2, 0.25) is 0 Å². The lowest BCUT2D eigenvalue weighted by Gasteiger charge is -1.92. The molecule has 4 heteroatoms. The largest absolute Gasteiger partial charge is 0.314 e. The summed E-state index contributed by atoms with van der Waals surface area (Å²) in [4.78, 5) is 6.19. The van der Waals surface area contributed by atoms with E-state index in [-0.39, 0.29) is 0 Å². The highest BCUT2D eigenvalue weighted by Gasteiger charge is 2.01. The average molecular weight is 229 g/mol. The van der Waals surface area contributed by atoms with Gasteiger partial charge in [0.25, 0.3) is 6.08 Å². The Morgan fingerprint density at radius 2 is 2.33 bits per heavy atom. The van der Waals surface area contributed by atoms with E-state index in [0.29, 0.717) is 5.52 Å². The van der Waals surface area contributed by atoms with Gasteiger partial charge in [-0.2, -0.15) is 4.39 Å². The lowest BCUT2D eigenvalue weighted by atomic mass is 10.2. The smallest absolute Gasteiger partial charge is 0.287 e. The summed E-state index contributed by atoms with van der Waals surface area (Å²) in [5.41, 5.74) is 2.51. The number of rotatable bonds is 1. The summed E-state index contributed by atoms with van der Waals surface area (Å²) in [7, 11) is 0. The fourth-order valence-electron chi connectivity index (χ4n) is 1.11. The van der Waals surface area contributed by atoms with E-state index in [1.807, 2.05) is 12.1 Å². The van der Waals surface area contributed by atoms with Crippen LogP contribution in [0.15, 0.2) is 18.2 Å². The molecule has 2 nitrogen and oxygen atoms in total. The summed E-state index contributed by atoms with van der Waals surface area (Å²) in [5.74, 6) is 0. The van der Waals surface area contributed by atoms with E-state index in [9.17, 15) is 4.39 Å². The Bertz CT molecular complexity index is 410. The van der Waals surface area contributed by atoms with E-state index in [1.54, 1.807) is 6.07 Å². The molecule has 0 radical (unpaired) electrons. The maximum atomic E-state index is 12.6. The third kappa shape index (κ3) is 1.22. The highest BCUT2D eigenvalue weighted by Crippen LogP contribution is 2.14. The Morgan fingerprint density at radius 3 is 3.08 bits per heavy atom. The molecule has 0 aliphatic heterocycles. The average Bonchev–Trinajstić information content (AvgIpc) is 2.43. The summed E-state index contributed by atoms with van der Waals surface area (Å²) in [6.07, 6.45) is -0.531. The van der Waals surface area contributed by atoms with E-state index < -0.39 is 6.08 Å². The first-order chi connectivity index (χ1) is 5.79. The second-order valence-electron chi connectivity index (χ2n) is 2.51. The lowest BCUT2D eigenvalue weighted by Crippen LogP contribution is -1.76. The molecule has 1 heterocycles. The number of H-pyrrole nitrogens is 1. The minimum Gasteiger partial charge on any atom is -0.314 e. The molecular formula is C8H6BrFN2. The molecule has 0 aliphatic carbocycles. The van der Waals surface area contributed by atoms with Gasteiger partial charge in [-0.25, -0.2) is 4.98 Å². The first-order valence-electron chi connectivity index (χ1n) is 3.50. The Morgan fingerprint density at radius 1 is 1.50 bits per heavy atom. The number of alkyl halides is 1. The molecule has 0 saturated heterocycles. The SMILES string of the molecule is Fc1nc2ccc(CBr)cc2[nH]1. The van der Waals surface area contributed by atoms with Gasteiger partial charge in [0, 0.05) is 5.33 Å². The highest BCUT2D eigenvalue weighted by atomic mass is 79.9. The Kier molecular flexibility index (Phi) is 1.84. The molecule has 1 N–H and O–H groups in total. The van der Waals surface area contributed by atoms with Crippen molar-refractivity contribution >= 4 is 27.0 Å². The van der Waals surface area contributed by atoms with Gasteiger partial charge in [0.05, 0.1) is 11.0 Å². The summed E-state index contributed by atoms with van der Waals surface area (Å²) in [6, 6.07) is 5.59. The number of nitrogens with one attached hydrogen (secondary N) is 1. The van der Waals surface area contributed by atoms with E-state index in [4.69, 9.17) is 0 Å². The maximum absolute atomic E-state index is 12.6. The highest BCUT2D eigenvalue weighted by molar-refractivity contribution is 9.08. The second-order valence-corrected chi connectivity index (χ2v) is 3.07. The van der Waals surface area contributed by atoms with Crippen LogP contribution in [0.3, 0.4) is 0 Å². The first kappa shape index (κ1) is 7.73. The van der Waals surface area contributed by atoms with Crippen LogP contribution in [-0.2, 0) is 5.33 Å². The Labute approximate surface area is 76.9 Å². The monoisotopic (exact) mass is 228 g/mol. The number of fused-ring (bicyclic) bond motifs is 1. The van der Waals surface area contributed by atoms with Gasteiger partial charge < -0.3 is 4.98 Å². The molecule has 0 aliphatic rings. The van der Waals surface area contributed by atoms with Crippen molar-refractivity contribution in [2.45, 2.75) is 5.33 Å². The number of hydrogen-bond acceptors (Lipinski definition) is 1. The minimum atomic E-state index is -0.531. The number of hydrogen-bond donors (Lipinski definition) is 1. The molecule has 1 aromatic carbocycles. The molecule has 0 amide bonds. The molecule has 0 unspecified atom stereocenters. The molecule has 0 saturated carbocycles. The molecular weight excluding hydrogens is 223 g/mol. The number of aromatic nitrogens is 2. The van der Waals surface area contributed by atoms with Crippen LogP contribution in [0.25, 0.3) is 11.0 Å². The molecule has 2 rings (SSSR count). The van der Waals surface area contributed by atoms with Crippen LogP contribution in [-0.4, -0.2) is 9.97 Å². The van der Waals surface area contributed by atoms with Gasteiger partial charge in [-0.1, -0.05) is 22.0 Å². The fourth-order valence-corrected chi connectivity index (χ4v) is 1.46. The predicted octanol–water partition coefficient (Wildman–Crippen LogP) is 2.60. The fraction of sp³-hybridized carbons (Fsp3) is 0.125. The van der Waals surface area contributed by atoms with Crippen molar-refractivity contribution in [1.82, 2.24) is 9.97 Å². The molecule has 0 spiro atoms. The van der Waals surface area contributed by atoms with Crippen LogP contribution >= 0.6 is 15.9 Å². The van der Waals surface area contributed by atoms with Crippen molar-refractivity contribution in [3.63, 3.8) is 0 Å². The Balaban J connectivity index is 2.66. The van der Waals surface area contributed by atoms with Gasteiger partial charge in [0.15, 0.2) is 0 Å². The number of aromatic amines is 1. The number of benzene rings is 1.